The van der Waals surface area contributed by atoms with Crippen molar-refractivity contribution in [3.05, 3.63) is 12.4 Å². The highest BCUT2D eigenvalue weighted by Crippen LogP contribution is 2.26. The van der Waals surface area contributed by atoms with Crippen LogP contribution in [-0.4, -0.2) is 27.5 Å². The van der Waals surface area contributed by atoms with Gasteiger partial charge in [-0.05, 0) is 26.2 Å². The van der Waals surface area contributed by atoms with Crippen molar-refractivity contribution in [1.82, 2.24) is 9.78 Å². The fraction of sp³-hybridized carbons (Fsp3) is 0.733. The number of nitrogens with zero attached hydrogens (tertiary/aromatic N) is 2. The second-order valence-corrected chi connectivity index (χ2v) is 6.13. The van der Waals surface area contributed by atoms with E-state index < -0.39 is 11.5 Å². The molecule has 0 atom stereocenters. The number of carbonyl (C=O) groups is 1. The monoisotopic (exact) mass is 280 g/mol. The van der Waals surface area contributed by atoms with E-state index in [1.807, 2.05) is 0 Å². The number of aliphatic carboxylic acids is 1. The van der Waals surface area contributed by atoms with E-state index in [0.717, 1.165) is 12.3 Å². The van der Waals surface area contributed by atoms with E-state index in [1.54, 1.807) is 26.2 Å². The summed E-state index contributed by atoms with van der Waals surface area (Å²) in [5, 5.41) is 13.2. The topological polar surface area (TPSA) is 64.3 Å². The van der Waals surface area contributed by atoms with Gasteiger partial charge in [-0.3, -0.25) is 4.68 Å². The largest absolute Gasteiger partial charge is 0.490 e. The van der Waals surface area contributed by atoms with Crippen molar-refractivity contribution in [3.8, 4) is 5.75 Å². The molecule has 0 bridgehead atoms. The minimum absolute atomic E-state index is 0.648. The summed E-state index contributed by atoms with van der Waals surface area (Å²) in [6.07, 6.45) is 11.0. The predicted molar refractivity (Wildman–Crippen MR) is 75.9 cm³/mol. The van der Waals surface area contributed by atoms with Gasteiger partial charge in [-0.15, -0.1) is 0 Å². The number of aromatic nitrogens is 2. The zero-order chi connectivity index (χ0) is 14.6. The zero-order valence-corrected chi connectivity index (χ0v) is 12.3. The molecule has 1 aliphatic carbocycles. The summed E-state index contributed by atoms with van der Waals surface area (Å²) in [5.41, 5.74) is -1.05. The van der Waals surface area contributed by atoms with Crippen LogP contribution in [0.2, 0.25) is 0 Å². The summed E-state index contributed by atoms with van der Waals surface area (Å²) in [6.45, 7) is 3.92. The van der Waals surface area contributed by atoms with E-state index in [2.05, 4.69) is 5.10 Å². The number of rotatable bonds is 6. The van der Waals surface area contributed by atoms with Crippen molar-refractivity contribution >= 4 is 5.97 Å². The molecular weight excluding hydrogens is 256 g/mol. The molecule has 2 rings (SSSR count). The molecule has 112 valence electrons. The van der Waals surface area contributed by atoms with Gasteiger partial charge in [0.1, 0.15) is 0 Å². The van der Waals surface area contributed by atoms with E-state index in [1.165, 1.54) is 36.8 Å². The van der Waals surface area contributed by atoms with Gasteiger partial charge >= 0.3 is 5.97 Å². The summed E-state index contributed by atoms with van der Waals surface area (Å²) >= 11 is 0. The molecule has 1 N–H and O–H groups in total. The lowest BCUT2D eigenvalue weighted by Crippen LogP contribution is -2.35. The molecule has 5 heteroatoms. The number of carboxylic acids is 1. The highest BCUT2D eigenvalue weighted by molar-refractivity contribution is 5.75. The number of hydrogen-bond donors (Lipinski definition) is 1. The van der Waals surface area contributed by atoms with Crippen LogP contribution in [0.25, 0.3) is 0 Å². The molecule has 1 aliphatic rings. The fourth-order valence-electron chi connectivity index (χ4n) is 2.60. The van der Waals surface area contributed by atoms with Gasteiger partial charge in [0, 0.05) is 0 Å². The van der Waals surface area contributed by atoms with Crippen LogP contribution in [0.3, 0.4) is 0 Å². The Hall–Kier alpha value is -1.52. The van der Waals surface area contributed by atoms with Gasteiger partial charge in [0.25, 0.3) is 0 Å². The third-order valence-corrected chi connectivity index (χ3v) is 4.17. The third kappa shape index (κ3) is 3.52. The van der Waals surface area contributed by atoms with Crippen molar-refractivity contribution in [3.63, 3.8) is 0 Å². The summed E-state index contributed by atoms with van der Waals surface area (Å²) < 4.78 is 7.12. The van der Waals surface area contributed by atoms with Gasteiger partial charge < -0.3 is 9.84 Å². The van der Waals surface area contributed by atoms with Crippen LogP contribution < -0.4 is 4.74 Å². The average Bonchev–Trinajstić information content (AvgIpc) is 2.89. The van der Waals surface area contributed by atoms with E-state index in [4.69, 9.17) is 9.84 Å². The van der Waals surface area contributed by atoms with Crippen molar-refractivity contribution in [2.75, 3.05) is 6.61 Å². The first kappa shape index (κ1) is 14.9. The van der Waals surface area contributed by atoms with Crippen LogP contribution >= 0.6 is 0 Å². The minimum atomic E-state index is -1.05. The molecule has 1 heterocycles. The highest BCUT2D eigenvalue weighted by Gasteiger charge is 2.30. The molecule has 5 nitrogen and oxygen atoms in total. The first-order chi connectivity index (χ1) is 9.50. The zero-order valence-electron chi connectivity index (χ0n) is 12.3. The molecule has 1 fully saturated rings. The average molecular weight is 280 g/mol. The van der Waals surface area contributed by atoms with E-state index in [-0.39, 0.29) is 0 Å². The van der Waals surface area contributed by atoms with Crippen LogP contribution in [0.4, 0.5) is 0 Å². The molecular formula is C15H24N2O3. The van der Waals surface area contributed by atoms with E-state index in [0.29, 0.717) is 12.4 Å². The maximum atomic E-state index is 11.1. The second kappa shape index (κ2) is 6.29. The molecule has 1 saturated carbocycles. The van der Waals surface area contributed by atoms with Gasteiger partial charge in [-0.25, -0.2) is 4.79 Å². The van der Waals surface area contributed by atoms with E-state index in [9.17, 15) is 4.79 Å². The van der Waals surface area contributed by atoms with Crippen molar-refractivity contribution in [1.29, 1.82) is 0 Å². The van der Waals surface area contributed by atoms with Crippen LogP contribution in [0, 0.1) is 5.92 Å². The maximum absolute atomic E-state index is 11.1. The molecule has 0 saturated heterocycles. The molecule has 0 spiro atoms. The van der Waals surface area contributed by atoms with Crippen LogP contribution in [0.15, 0.2) is 12.4 Å². The fourth-order valence-corrected chi connectivity index (χ4v) is 2.60. The van der Waals surface area contributed by atoms with Crippen LogP contribution in [0.5, 0.6) is 5.75 Å². The lowest BCUT2D eigenvalue weighted by atomic mass is 9.87. The van der Waals surface area contributed by atoms with Crippen molar-refractivity contribution < 1.29 is 14.6 Å². The SMILES string of the molecule is CC(C)(C(=O)O)n1cc(OCCC2CCCCC2)cn1. The molecule has 0 unspecified atom stereocenters. The molecule has 0 aromatic carbocycles. The van der Waals surface area contributed by atoms with Gasteiger partial charge in [0.05, 0.1) is 19.0 Å². The van der Waals surface area contributed by atoms with Gasteiger partial charge in [-0.1, -0.05) is 32.1 Å². The Labute approximate surface area is 119 Å². The normalized spacial score (nSPS) is 17.1. The maximum Gasteiger partial charge on any atom is 0.331 e. The first-order valence-corrected chi connectivity index (χ1v) is 7.41. The van der Waals surface area contributed by atoms with Gasteiger partial charge in [-0.2, -0.15) is 5.10 Å². The summed E-state index contributed by atoms with van der Waals surface area (Å²) in [4.78, 5) is 11.1. The molecule has 0 amide bonds. The molecule has 0 radical (unpaired) electrons. The van der Waals surface area contributed by atoms with Gasteiger partial charge in [0.15, 0.2) is 11.3 Å². The molecule has 1 aromatic heterocycles. The first-order valence-electron chi connectivity index (χ1n) is 7.41. The summed E-state index contributed by atoms with van der Waals surface area (Å²) in [7, 11) is 0. The molecule has 0 aliphatic heterocycles. The Bertz CT molecular complexity index is 448. The number of ether oxygens (including phenoxy) is 1. The third-order valence-electron chi connectivity index (χ3n) is 4.17. The Balaban J connectivity index is 1.82. The number of carboxylic acid groups (broad SMARTS) is 1. The van der Waals surface area contributed by atoms with Gasteiger partial charge in [0.2, 0.25) is 0 Å². The molecule has 20 heavy (non-hydrogen) atoms. The van der Waals surface area contributed by atoms with Crippen molar-refractivity contribution in [2.45, 2.75) is 57.9 Å². The Morgan fingerprint density at radius 2 is 2.15 bits per heavy atom. The van der Waals surface area contributed by atoms with Crippen LogP contribution in [0.1, 0.15) is 52.4 Å². The number of hydrogen-bond acceptors (Lipinski definition) is 3. The smallest absolute Gasteiger partial charge is 0.331 e. The lowest BCUT2D eigenvalue weighted by Gasteiger charge is -2.21. The summed E-state index contributed by atoms with van der Waals surface area (Å²) in [6, 6.07) is 0. The van der Waals surface area contributed by atoms with Crippen molar-refractivity contribution in [2.24, 2.45) is 5.92 Å². The van der Waals surface area contributed by atoms with Crippen LogP contribution in [-0.2, 0) is 10.3 Å². The highest BCUT2D eigenvalue weighted by atomic mass is 16.5. The molecule has 1 aromatic rings. The summed E-state index contributed by atoms with van der Waals surface area (Å²) in [5.74, 6) is 0.527. The Morgan fingerprint density at radius 1 is 1.45 bits per heavy atom. The standard InChI is InChI=1S/C15H24N2O3/c1-15(2,14(18)19)17-11-13(10-16-17)20-9-8-12-6-4-3-5-7-12/h10-12H,3-9H2,1-2H3,(H,18,19). The lowest BCUT2D eigenvalue weighted by molar-refractivity contribution is -0.146. The quantitative estimate of drug-likeness (QED) is 0.869. The predicted octanol–water partition coefficient (Wildman–Crippen LogP) is 3.05. The van der Waals surface area contributed by atoms with E-state index >= 15 is 0 Å². The Morgan fingerprint density at radius 3 is 2.80 bits per heavy atom. The minimum Gasteiger partial charge on any atom is -0.490 e. The Kier molecular flexibility index (Phi) is 4.68. The second-order valence-electron chi connectivity index (χ2n) is 6.13.